The minimum Gasteiger partial charge on any atom is -0.508 e. The van der Waals surface area contributed by atoms with Crippen LogP contribution in [0, 0.1) is 29.4 Å². The molecule has 2 aromatic heterocycles. The lowest BCUT2D eigenvalue weighted by atomic mass is 9.92. The Kier molecular flexibility index (Phi) is 5.86. The number of nitrogens with one attached hydrogen (secondary N) is 1. The highest BCUT2D eigenvalue weighted by atomic mass is 19.1. The summed E-state index contributed by atoms with van der Waals surface area (Å²) in [5, 5.41) is 15.0. The van der Waals surface area contributed by atoms with Gasteiger partial charge >= 0.3 is 6.01 Å². The van der Waals surface area contributed by atoms with Crippen molar-refractivity contribution >= 4 is 27.5 Å². The smallest absolute Gasteiger partial charge is 0.319 e. The number of phenols is 1. The van der Waals surface area contributed by atoms with E-state index in [4.69, 9.17) is 13.9 Å². The third-order valence-electron chi connectivity index (χ3n) is 8.55. The van der Waals surface area contributed by atoms with Crippen molar-refractivity contribution < 1.29 is 21.4 Å². The van der Waals surface area contributed by atoms with Crippen LogP contribution in [-0.2, 0) is 0 Å². The number of nitrogens with zero attached hydrogens (tertiary/aromatic N) is 5. The summed E-state index contributed by atoms with van der Waals surface area (Å²) in [6.07, 6.45) is 10.3. The maximum Gasteiger partial charge on any atom is 0.319 e. The predicted molar refractivity (Wildman–Crippen MR) is 158 cm³/mol. The summed E-state index contributed by atoms with van der Waals surface area (Å²) in [7, 11) is 3.76. The zero-order valence-corrected chi connectivity index (χ0v) is 23.4. The Morgan fingerprint density at radius 1 is 1.26 bits per heavy atom. The summed E-state index contributed by atoms with van der Waals surface area (Å²) < 4.78 is 55.2. The van der Waals surface area contributed by atoms with Gasteiger partial charge in [0, 0.05) is 54.3 Å². The number of halogens is 2. The first kappa shape index (κ1) is 24.5. The topological polar surface area (TPSA) is 86.6 Å². The second kappa shape index (κ2) is 10.0. The van der Waals surface area contributed by atoms with E-state index in [1.165, 1.54) is 30.5 Å². The molecule has 4 aliphatic rings. The summed E-state index contributed by atoms with van der Waals surface area (Å²) in [6.45, 7) is -0.261. The number of pyridine rings is 1. The molecular weight excluding hydrogens is 538 g/mol. The van der Waals surface area contributed by atoms with Crippen molar-refractivity contribution in [3.63, 3.8) is 0 Å². The number of rotatable bonds is 7. The molecule has 3 aliphatic heterocycles. The molecule has 1 aliphatic carbocycles. The number of aromatic hydroxyl groups is 1. The van der Waals surface area contributed by atoms with Crippen molar-refractivity contribution in [2.45, 2.75) is 37.8 Å². The van der Waals surface area contributed by atoms with Crippen LogP contribution in [0.5, 0.6) is 11.8 Å². The van der Waals surface area contributed by atoms with E-state index in [0.717, 1.165) is 19.4 Å². The molecule has 4 aromatic rings. The fourth-order valence-corrected chi connectivity index (χ4v) is 6.40. The minimum atomic E-state index is -2.11. The molecule has 4 fully saturated rings. The zero-order chi connectivity index (χ0) is 31.0. The Morgan fingerprint density at radius 3 is 2.76 bits per heavy atom. The quantitative estimate of drug-likeness (QED) is 0.314. The van der Waals surface area contributed by atoms with Crippen LogP contribution in [0.3, 0.4) is 0 Å². The van der Waals surface area contributed by atoms with E-state index in [2.05, 4.69) is 31.1 Å². The lowest BCUT2D eigenvalue weighted by Gasteiger charge is -2.46. The number of aromatic nitrogens is 3. The highest BCUT2D eigenvalue weighted by Crippen LogP contribution is 2.46. The average Bonchev–Trinajstić information content (AvgIpc) is 3.78. The number of hydrogen-bond donors (Lipinski definition) is 2. The Balaban J connectivity index is 1.43. The molecule has 2 atom stereocenters. The Labute approximate surface area is 245 Å². The molecule has 8 rings (SSSR count). The van der Waals surface area contributed by atoms with E-state index in [9.17, 15) is 9.50 Å². The van der Waals surface area contributed by atoms with Crippen LogP contribution in [0.15, 0.2) is 30.5 Å². The highest BCUT2D eigenvalue weighted by molar-refractivity contribution is 6.03. The highest BCUT2D eigenvalue weighted by Gasteiger charge is 2.44. The second-order valence-corrected chi connectivity index (χ2v) is 11.9. The number of anilines is 1. The molecule has 0 radical (unpaired) electrons. The maximum absolute atomic E-state index is 16.8. The molecule has 2 unspecified atom stereocenters. The van der Waals surface area contributed by atoms with Gasteiger partial charge in [0.05, 0.1) is 20.3 Å². The molecule has 0 amide bonds. The number of phenolic OH excluding ortho intramolecular Hbond substituents is 1. The van der Waals surface area contributed by atoms with Crippen molar-refractivity contribution in [2.75, 3.05) is 45.2 Å². The van der Waals surface area contributed by atoms with E-state index in [1.807, 2.05) is 19.0 Å². The maximum atomic E-state index is 16.8. The van der Waals surface area contributed by atoms with Gasteiger partial charge in [-0.25, -0.2) is 8.78 Å². The van der Waals surface area contributed by atoms with E-state index in [-0.39, 0.29) is 51.6 Å². The van der Waals surface area contributed by atoms with Crippen molar-refractivity contribution in [1.29, 1.82) is 0 Å². The number of piperidine rings is 2. The fourth-order valence-electron chi connectivity index (χ4n) is 6.40. The number of benzene rings is 2. The summed E-state index contributed by atoms with van der Waals surface area (Å²) in [5.41, 5.74) is -1.01. The molecule has 2 bridgehead atoms. The van der Waals surface area contributed by atoms with Crippen molar-refractivity contribution in [1.82, 2.24) is 25.2 Å². The van der Waals surface area contributed by atoms with Gasteiger partial charge in [-0.05, 0) is 63.4 Å². The van der Waals surface area contributed by atoms with Crippen LogP contribution < -0.4 is 15.0 Å². The van der Waals surface area contributed by atoms with Crippen LogP contribution in [0.2, 0.25) is 0 Å². The fraction of sp³-hybridized carbons (Fsp3) is 0.406. The molecule has 8 nitrogen and oxygen atoms in total. The number of piperazine rings is 1. The van der Waals surface area contributed by atoms with Crippen molar-refractivity contribution in [3.05, 3.63) is 47.7 Å². The van der Waals surface area contributed by atoms with Gasteiger partial charge in [0.15, 0.2) is 5.82 Å². The van der Waals surface area contributed by atoms with Gasteiger partial charge in [-0.3, -0.25) is 4.98 Å². The molecule has 216 valence electrons. The average molecular weight is 573 g/mol. The molecule has 1 saturated carbocycles. The van der Waals surface area contributed by atoms with Gasteiger partial charge in [0.1, 0.15) is 28.6 Å². The summed E-state index contributed by atoms with van der Waals surface area (Å²) in [4.78, 5) is 17.6. The van der Waals surface area contributed by atoms with Crippen molar-refractivity contribution in [3.8, 4) is 35.4 Å². The van der Waals surface area contributed by atoms with Gasteiger partial charge < -0.3 is 25.0 Å². The molecule has 5 heterocycles. The molecular formula is C32H32F2N6O2. The van der Waals surface area contributed by atoms with Crippen LogP contribution in [0.25, 0.3) is 32.9 Å². The first-order chi connectivity index (χ1) is 21.0. The molecule has 0 spiro atoms. The Hall–Kier alpha value is -4.07. The zero-order valence-electron chi connectivity index (χ0n) is 25.4. The minimum absolute atomic E-state index is 0.0770. The predicted octanol–water partition coefficient (Wildman–Crippen LogP) is 4.47. The van der Waals surface area contributed by atoms with Crippen LogP contribution >= 0.6 is 0 Å². The van der Waals surface area contributed by atoms with Gasteiger partial charge in [0.2, 0.25) is 0 Å². The third-order valence-corrected chi connectivity index (χ3v) is 8.55. The molecule has 10 heteroatoms. The number of fused-ring (bicyclic) bond motifs is 5. The largest absolute Gasteiger partial charge is 0.508 e. The van der Waals surface area contributed by atoms with Gasteiger partial charge in [-0.2, -0.15) is 9.97 Å². The van der Waals surface area contributed by atoms with Crippen LogP contribution in [0.4, 0.5) is 14.6 Å². The molecule has 42 heavy (non-hydrogen) atoms. The van der Waals surface area contributed by atoms with E-state index >= 15 is 4.39 Å². The standard InChI is InChI=1S/C32H32F2N6O2/c1-4-22-25(33)8-5-18-11-21(41)12-23(26(18)22)28-27(34)29-24(14-36-28)30(40-15-19-6-7-20(40)13-35-19)38-31(37-29)42-17-32(9-10-32)16-39(2)3/h1,5,8,11-12,14,19-20,35,41H,6-7,9-10,13,15-17H2,2-3H3/i17D2. The summed E-state index contributed by atoms with van der Waals surface area (Å²) >= 11 is 0. The monoisotopic (exact) mass is 572 g/mol. The SMILES string of the molecule is [2H]C([2H])(Oc1nc(N2CC3CCC2CN3)c2cnc(-c3cc(O)cc4ccc(F)c(C#C)c34)c(F)c2n1)C1(CN(C)C)CC1. The molecule has 2 aromatic carbocycles. The van der Waals surface area contributed by atoms with Gasteiger partial charge in [-0.1, -0.05) is 12.0 Å². The number of terminal acetylenes is 1. The van der Waals surface area contributed by atoms with E-state index in [0.29, 0.717) is 42.5 Å². The first-order valence-corrected chi connectivity index (χ1v) is 14.1. The summed E-state index contributed by atoms with van der Waals surface area (Å²) in [6, 6.07) is 5.45. The van der Waals surface area contributed by atoms with Crippen LogP contribution in [-0.4, -0.2) is 77.3 Å². The van der Waals surface area contributed by atoms with Crippen LogP contribution in [0.1, 0.15) is 34.0 Å². The summed E-state index contributed by atoms with van der Waals surface area (Å²) in [5.74, 6) is 1.10. The third kappa shape index (κ3) is 4.57. The van der Waals surface area contributed by atoms with Gasteiger partial charge in [0.25, 0.3) is 0 Å². The van der Waals surface area contributed by atoms with E-state index < -0.39 is 23.6 Å². The molecule has 2 N–H and O–H groups in total. The molecule has 3 saturated heterocycles. The number of hydrogen-bond acceptors (Lipinski definition) is 8. The Morgan fingerprint density at radius 2 is 2.10 bits per heavy atom. The normalized spacial score (nSPS) is 21.9. The van der Waals surface area contributed by atoms with Gasteiger partial charge in [-0.15, -0.1) is 6.42 Å². The Bertz CT molecular complexity index is 1850. The first-order valence-electron chi connectivity index (χ1n) is 15.1. The second-order valence-electron chi connectivity index (χ2n) is 11.9. The van der Waals surface area contributed by atoms with Crippen molar-refractivity contribution in [2.24, 2.45) is 5.41 Å². The number of ether oxygens (including phenoxy) is 1. The lowest BCUT2D eigenvalue weighted by molar-refractivity contribution is 0.183. The van der Waals surface area contributed by atoms with E-state index in [1.54, 1.807) is 0 Å². The lowest BCUT2D eigenvalue weighted by Crippen LogP contribution is -2.61.